The van der Waals surface area contributed by atoms with Crippen LogP contribution in [-0.2, 0) is 4.79 Å². The molecule has 0 atom stereocenters. The van der Waals surface area contributed by atoms with Crippen molar-refractivity contribution in [3.8, 4) is 0 Å². The SMILES string of the molecule is C=C(N=C(C)CBr)NC(=O)C(F)(F)F. The molecule has 80 valence electrons. The fraction of sp³-hybridized carbons (Fsp3) is 0.429. The third-order valence-electron chi connectivity index (χ3n) is 1.03. The van der Waals surface area contributed by atoms with Gasteiger partial charge in [-0.15, -0.1) is 0 Å². The van der Waals surface area contributed by atoms with Gasteiger partial charge in [0, 0.05) is 11.0 Å². The Kier molecular flexibility index (Phi) is 4.82. The number of nitrogens with one attached hydrogen (secondary N) is 1. The first kappa shape index (κ1) is 13.2. The normalized spacial score (nSPS) is 12.5. The molecule has 0 aromatic carbocycles. The lowest BCUT2D eigenvalue weighted by Gasteiger charge is -2.07. The molecule has 0 aliphatic rings. The van der Waals surface area contributed by atoms with Gasteiger partial charge in [0.2, 0.25) is 0 Å². The molecule has 3 nitrogen and oxygen atoms in total. The summed E-state index contributed by atoms with van der Waals surface area (Å²) < 4.78 is 35.2. The zero-order valence-corrected chi connectivity index (χ0v) is 8.87. The van der Waals surface area contributed by atoms with Crippen LogP contribution in [0.2, 0.25) is 0 Å². The van der Waals surface area contributed by atoms with E-state index in [9.17, 15) is 18.0 Å². The monoisotopic (exact) mass is 272 g/mol. The van der Waals surface area contributed by atoms with E-state index in [-0.39, 0.29) is 5.82 Å². The Labute approximate surface area is 87.2 Å². The number of hydrogen-bond acceptors (Lipinski definition) is 2. The second-order valence-electron chi connectivity index (χ2n) is 2.38. The molecule has 0 unspecified atom stereocenters. The second kappa shape index (κ2) is 5.14. The molecule has 0 fully saturated rings. The first-order valence-electron chi connectivity index (χ1n) is 3.44. The first-order valence-corrected chi connectivity index (χ1v) is 4.56. The zero-order valence-electron chi connectivity index (χ0n) is 7.28. The minimum Gasteiger partial charge on any atom is -0.303 e. The Hall–Kier alpha value is -0.850. The summed E-state index contributed by atoms with van der Waals surface area (Å²) in [7, 11) is 0. The highest BCUT2D eigenvalue weighted by molar-refractivity contribution is 9.09. The highest BCUT2D eigenvalue weighted by Gasteiger charge is 2.38. The van der Waals surface area contributed by atoms with Crippen LogP contribution in [-0.4, -0.2) is 23.1 Å². The maximum atomic E-state index is 11.7. The number of halogens is 4. The van der Waals surface area contributed by atoms with Gasteiger partial charge in [0.25, 0.3) is 0 Å². The van der Waals surface area contributed by atoms with Crippen molar-refractivity contribution in [1.82, 2.24) is 5.32 Å². The Bertz CT molecular complexity index is 273. The van der Waals surface area contributed by atoms with Crippen molar-refractivity contribution >= 4 is 27.5 Å². The molecule has 0 heterocycles. The third-order valence-corrected chi connectivity index (χ3v) is 1.85. The average molecular weight is 273 g/mol. The quantitative estimate of drug-likeness (QED) is 0.620. The number of carbonyl (C=O) groups excluding carboxylic acids is 1. The summed E-state index contributed by atoms with van der Waals surface area (Å²) in [4.78, 5) is 14.0. The van der Waals surface area contributed by atoms with Crippen LogP contribution in [0.3, 0.4) is 0 Å². The van der Waals surface area contributed by atoms with Crippen LogP contribution in [0.15, 0.2) is 17.4 Å². The van der Waals surface area contributed by atoms with Crippen LogP contribution in [0.5, 0.6) is 0 Å². The van der Waals surface area contributed by atoms with Crippen molar-refractivity contribution in [2.24, 2.45) is 4.99 Å². The van der Waals surface area contributed by atoms with E-state index in [0.29, 0.717) is 11.0 Å². The summed E-state index contributed by atoms with van der Waals surface area (Å²) in [5.74, 6) is -2.40. The molecule has 0 aromatic heterocycles. The number of hydrogen-bond donors (Lipinski definition) is 1. The molecule has 0 rings (SSSR count). The standard InChI is InChI=1S/C7H8BrF3N2O/c1-4(3-8)12-5(2)13-6(14)7(9,10)11/h2-3H2,1H3,(H,13,14). The maximum Gasteiger partial charge on any atom is 0.471 e. The molecule has 1 amide bonds. The summed E-state index contributed by atoms with van der Waals surface area (Å²) in [5.41, 5.74) is 0.512. The fourth-order valence-electron chi connectivity index (χ4n) is 0.490. The Morgan fingerprint density at radius 3 is 2.43 bits per heavy atom. The van der Waals surface area contributed by atoms with Crippen LogP contribution in [0.1, 0.15) is 6.92 Å². The summed E-state index contributed by atoms with van der Waals surface area (Å²) in [6, 6.07) is 0. The Morgan fingerprint density at radius 2 is 2.07 bits per heavy atom. The van der Waals surface area contributed by atoms with E-state index in [4.69, 9.17) is 0 Å². The molecule has 1 N–H and O–H groups in total. The molecule has 14 heavy (non-hydrogen) atoms. The third kappa shape index (κ3) is 5.00. The fourth-order valence-corrected chi connectivity index (χ4v) is 0.616. The summed E-state index contributed by atoms with van der Waals surface area (Å²) in [6.07, 6.45) is -4.92. The largest absolute Gasteiger partial charge is 0.471 e. The molecular weight excluding hydrogens is 265 g/mol. The van der Waals surface area contributed by atoms with Gasteiger partial charge < -0.3 is 5.32 Å². The molecule has 0 spiro atoms. The maximum absolute atomic E-state index is 11.7. The van der Waals surface area contributed by atoms with Gasteiger partial charge in [-0.3, -0.25) is 4.79 Å². The minimum absolute atomic E-state index is 0.329. The molecule has 7 heteroatoms. The number of carbonyl (C=O) groups is 1. The van der Waals surface area contributed by atoms with E-state index in [0.717, 1.165) is 0 Å². The summed E-state index contributed by atoms with van der Waals surface area (Å²) >= 11 is 3.04. The van der Waals surface area contributed by atoms with Gasteiger partial charge in [-0.05, 0) is 6.92 Å². The van der Waals surface area contributed by atoms with Gasteiger partial charge in [-0.1, -0.05) is 22.5 Å². The first-order chi connectivity index (χ1) is 6.27. The van der Waals surface area contributed by atoms with Crippen molar-refractivity contribution in [3.63, 3.8) is 0 Å². The molecule has 0 bridgehead atoms. The molecule has 0 radical (unpaired) electrons. The molecule has 0 saturated heterocycles. The number of alkyl halides is 4. The lowest BCUT2D eigenvalue weighted by molar-refractivity contribution is -0.172. The van der Waals surface area contributed by atoms with Gasteiger partial charge >= 0.3 is 12.1 Å². The van der Waals surface area contributed by atoms with Gasteiger partial charge in [-0.25, -0.2) is 4.99 Å². The summed E-state index contributed by atoms with van der Waals surface area (Å²) in [6.45, 7) is 4.74. The van der Waals surface area contributed by atoms with Gasteiger partial charge in [-0.2, -0.15) is 13.2 Å². The molecule has 0 saturated carbocycles. The zero-order chi connectivity index (χ0) is 11.4. The van der Waals surface area contributed by atoms with Crippen molar-refractivity contribution < 1.29 is 18.0 Å². The topological polar surface area (TPSA) is 41.5 Å². The van der Waals surface area contributed by atoms with E-state index in [2.05, 4.69) is 27.5 Å². The van der Waals surface area contributed by atoms with Crippen LogP contribution in [0.25, 0.3) is 0 Å². The van der Waals surface area contributed by atoms with Gasteiger partial charge in [0.1, 0.15) is 5.82 Å². The smallest absolute Gasteiger partial charge is 0.303 e. The Morgan fingerprint density at radius 1 is 1.57 bits per heavy atom. The lowest BCUT2D eigenvalue weighted by Crippen LogP contribution is -2.35. The second-order valence-corrected chi connectivity index (χ2v) is 2.94. The minimum atomic E-state index is -4.92. The number of amides is 1. The van der Waals surface area contributed by atoms with E-state index in [1.54, 1.807) is 6.92 Å². The van der Waals surface area contributed by atoms with Crippen LogP contribution < -0.4 is 5.32 Å². The lowest BCUT2D eigenvalue weighted by atomic mass is 10.5. The van der Waals surface area contributed by atoms with Gasteiger partial charge in [0.05, 0.1) is 0 Å². The molecule has 0 aliphatic carbocycles. The van der Waals surface area contributed by atoms with Crippen molar-refractivity contribution in [2.45, 2.75) is 13.1 Å². The molecule has 0 aliphatic heterocycles. The average Bonchev–Trinajstić information content (AvgIpc) is 2.02. The van der Waals surface area contributed by atoms with Gasteiger partial charge in [0.15, 0.2) is 0 Å². The van der Waals surface area contributed by atoms with Crippen LogP contribution in [0.4, 0.5) is 13.2 Å². The van der Waals surface area contributed by atoms with Crippen LogP contribution in [0, 0.1) is 0 Å². The van der Waals surface area contributed by atoms with E-state index in [1.807, 2.05) is 0 Å². The molecule has 0 aromatic rings. The van der Waals surface area contributed by atoms with Crippen molar-refractivity contribution in [2.75, 3.05) is 5.33 Å². The van der Waals surface area contributed by atoms with Crippen molar-refractivity contribution in [3.05, 3.63) is 12.4 Å². The Balaban J connectivity index is 4.29. The van der Waals surface area contributed by atoms with Crippen molar-refractivity contribution in [1.29, 1.82) is 0 Å². The van der Waals surface area contributed by atoms with E-state index >= 15 is 0 Å². The highest BCUT2D eigenvalue weighted by Crippen LogP contribution is 2.14. The predicted octanol–water partition coefficient (Wildman–Crippen LogP) is 1.99. The highest BCUT2D eigenvalue weighted by atomic mass is 79.9. The number of aliphatic imine (C=N–C) groups is 1. The predicted molar refractivity (Wildman–Crippen MR) is 50.2 cm³/mol. The number of rotatable bonds is 3. The number of nitrogens with zero attached hydrogens (tertiary/aromatic N) is 1. The van der Waals surface area contributed by atoms with E-state index in [1.165, 1.54) is 5.32 Å². The van der Waals surface area contributed by atoms with E-state index < -0.39 is 12.1 Å². The molecular formula is C7H8BrF3N2O. The van der Waals surface area contributed by atoms with Crippen LogP contribution >= 0.6 is 15.9 Å². The summed E-state index contributed by atoms with van der Waals surface area (Å²) in [5, 5.41) is 1.92.